The third-order valence-electron chi connectivity index (χ3n) is 3.69. The van der Waals surface area contributed by atoms with Gasteiger partial charge in [0, 0.05) is 19.7 Å². The number of nitrogens with zero attached hydrogens (tertiary/aromatic N) is 1. The van der Waals surface area contributed by atoms with Crippen molar-refractivity contribution in [3.63, 3.8) is 0 Å². The van der Waals surface area contributed by atoms with Crippen LogP contribution < -0.4 is 5.32 Å². The molecule has 0 spiro atoms. The third kappa shape index (κ3) is 3.91. The van der Waals surface area contributed by atoms with Crippen molar-refractivity contribution in [3.8, 4) is 0 Å². The van der Waals surface area contributed by atoms with E-state index in [1.54, 1.807) is 11.4 Å². The van der Waals surface area contributed by atoms with Crippen LogP contribution in [0.3, 0.4) is 0 Å². The lowest BCUT2D eigenvalue weighted by atomic mass is 10.00. The Morgan fingerprint density at radius 2 is 2.11 bits per heavy atom. The number of methoxy groups -OCH3 is 1. The maximum absolute atomic E-state index is 12.3. The molecule has 5 nitrogen and oxygen atoms in total. The molecule has 2 fully saturated rings. The van der Waals surface area contributed by atoms with Crippen LogP contribution >= 0.6 is 0 Å². The van der Waals surface area contributed by atoms with E-state index in [1.165, 1.54) is 0 Å². The lowest BCUT2D eigenvalue weighted by Crippen LogP contribution is -2.43. The van der Waals surface area contributed by atoms with Gasteiger partial charge in [0.05, 0.1) is 12.4 Å². The topological polar surface area (TPSA) is 58.6 Å². The zero-order valence-corrected chi connectivity index (χ0v) is 11.9. The average Bonchev–Trinajstić information content (AvgIpc) is 3.19. The number of piperidine rings is 1. The summed E-state index contributed by atoms with van der Waals surface area (Å²) in [6.45, 7) is 2.98. The Morgan fingerprint density at radius 3 is 2.67 bits per heavy atom. The largest absolute Gasteiger partial charge is 0.384 e. The average molecular weight is 276 g/mol. The Labute approximate surface area is 110 Å². The highest BCUT2D eigenvalue weighted by atomic mass is 32.2. The van der Waals surface area contributed by atoms with Gasteiger partial charge in [-0.15, -0.1) is 0 Å². The predicted molar refractivity (Wildman–Crippen MR) is 71.0 cm³/mol. The van der Waals surface area contributed by atoms with Crippen LogP contribution in [0.2, 0.25) is 0 Å². The van der Waals surface area contributed by atoms with Crippen molar-refractivity contribution in [3.05, 3.63) is 0 Å². The van der Waals surface area contributed by atoms with Gasteiger partial charge >= 0.3 is 0 Å². The van der Waals surface area contributed by atoms with E-state index >= 15 is 0 Å². The standard InChI is InChI=1S/C12H24N2O3S/c1-17-7-8-18(15,16)14(12-4-5-12)10-11-3-2-6-13-9-11/h11-13H,2-10H2,1H3. The fourth-order valence-corrected chi connectivity index (χ4v) is 4.21. The second-order valence-corrected chi connectivity index (χ2v) is 7.36. The number of sulfonamides is 1. The first-order chi connectivity index (χ1) is 8.63. The summed E-state index contributed by atoms with van der Waals surface area (Å²) in [7, 11) is -1.60. The summed E-state index contributed by atoms with van der Waals surface area (Å²) in [6.07, 6.45) is 4.33. The zero-order chi connectivity index (χ0) is 13.0. The summed E-state index contributed by atoms with van der Waals surface area (Å²) in [5.41, 5.74) is 0. The molecule has 1 unspecified atom stereocenters. The fraction of sp³-hybridized carbons (Fsp3) is 1.00. The van der Waals surface area contributed by atoms with Gasteiger partial charge in [-0.2, -0.15) is 4.31 Å². The molecule has 0 radical (unpaired) electrons. The minimum atomic E-state index is -3.14. The summed E-state index contributed by atoms with van der Waals surface area (Å²) >= 11 is 0. The van der Waals surface area contributed by atoms with Crippen LogP contribution in [0.15, 0.2) is 0 Å². The first-order valence-electron chi connectivity index (χ1n) is 6.82. The maximum Gasteiger partial charge on any atom is 0.216 e. The number of nitrogens with one attached hydrogen (secondary N) is 1. The molecule has 1 saturated heterocycles. The van der Waals surface area contributed by atoms with Crippen molar-refractivity contribution < 1.29 is 13.2 Å². The monoisotopic (exact) mass is 276 g/mol. The SMILES string of the molecule is COCCS(=O)(=O)N(CC1CCCNC1)C1CC1. The maximum atomic E-state index is 12.3. The summed E-state index contributed by atoms with van der Waals surface area (Å²) < 4.78 is 31.2. The van der Waals surface area contributed by atoms with Crippen molar-refractivity contribution >= 4 is 10.0 Å². The van der Waals surface area contributed by atoms with Gasteiger partial charge < -0.3 is 10.1 Å². The van der Waals surface area contributed by atoms with Crippen LogP contribution in [0, 0.1) is 5.92 Å². The van der Waals surface area contributed by atoms with Gasteiger partial charge in [-0.1, -0.05) is 0 Å². The molecule has 1 heterocycles. The Hall–Kier alpha value is -0.170. The molecule has 18 heavy (non-hydrogen) atoms. The Balaban J connectivity index is 1.94. The second-order valence-electron chi connectivity index (χ2n) is 5.32. The van der Waals surface area contributed by atoms with E-state index in [9.17, 15) is 8.42 Å². The highest BCUT2D eigenvalue weighted by molar-refractivity contribution is 7.89. The highest BCUT2D eigenvalue weighted by Crippen LogP contribution is 2.31. The van der Waals surface area contributed by atoms with E-state index in [0.717, 1.165) is 38.8 Å². The quantitative estimate of drug-likeness (QED) is 0.732. The van der Waals surface area contributed by atoms with Crippen LogP contribution in [0.4, 0.5) is 0 Å². The van der Waals surface area contributed by atoms with Crippen LogP contribution in [-0.2, 0) is 14.8 Å². The van der Waals surface area contributed by atoms with E-state index < -0.39 is 10.0 Å². The Bertz CT molecular complexity index is 348. The number of rotatable bonds is 7. The predicted octanol–water partition coefficient (Wildman–Crippen LogP) is 0.427. The minimum absolute atomic E-state index is 0.111. The van der Waals surface area contributed by atoms with E-state index in [0.29, 0.717) is 12.5 Å². The molecule has 1 saturated carbocycles. The molecule has 1 aliphatic carbocycles. The smallest absolute Gasteiger partial charge is 0.216 e. The first-order valence-corrected chi connectivity index (χ1v) is 8.43. The van der Waals surface area contributed by atoms with Gasteiger partial charge in [0.15, 0.2) is 0 Å². The molecule has 0 amide bonds. The molecule has 0 bridgehead atoms. The molecule has 0 aromatic heterocycles. The highest BCUT2D eigenvalue weighted by Gasteiger charge is 2.38. The minimum Gasteiger partial charge on any atom is -0.384 e. The zero-order valence-electron chi connectivity index (χ0n) is 11.1. The first kappa shape index (κ1) is 14.2. The fourth-order valence-electron chi connectivity index (χ4n) is 2.49. The van der Waals surface area contributed by atoms with Crippen molar-refractivity contribution in [2.24, 2.45) is 5.92 Å². The van der Waals surface area contributed by atoms with Crippen LogP contribution in [0.5, 0.6) is 0 Å². The molecule has 1 atom stereocenters. The summed E-state index contributed by atoms with van der Waals surface area (Å²) in [6, 6.07) is 0.258. The van der Waals surface area contributed by atoms with E-state index in [-0.39, 0.29) is 18.4 Å². The summed E-state index contributed by atoms with van der Waals surface area (Å²) in [5.74, 6) is 0.580. The van der Waals surface area contributed by atoms with Gasteiger partial charge in [-0.3, -0.25) is 0 Å². The lowest BCUT2D eigenvalue weighted by molar-refractivity contribution is 0.214. The van der Waals surface area contributed by atoms with Gasteiger partial charge in [-0.05, 0) is 44.7 Å². The molecular formula is C12H24N2O3S. The molecule has 0 aromatic rings. The summed E-state index contributed by atoms with van der Waals surface area (Å²) in [4.78, 5) is 0. The molecule has 2 aliphatic rings. The second kappa shape index (κ2) is 6.32. The number of hydrogen-bond donors (Lipinski definition) is 1. The molecule has 0 aromatic carbocycles. The van der Waals surface area contributed by atoms with Crippen LogP contribution in [0.1, 0.15) is 25.7 Å². The molecule has 6 heteroatoms. The van der Waals surface area contributed by atoms with Crippen LogP contribution in [-0.4, -0.2) is 57.9 Å². The lowest BCUT2D eigenvalue weighted by Gasteiger charge is -2.29. The molecule has 1 aliphatic heterocycles. The normalized spacial score (nSPS) is 25.6. The number of ether oxygens (including phenoxy) is 1. The van der Waals surface area contributed by atoms with E-state index in [4.69, 9.17) is 4.74 Å². The Kier molecular flexibility index (Phi) is 5.00. The molecule has 106 valence electrons. The molecule has 2 rings (SSSR count). The molecular weight excluding hydrogens is 252 g/mol. The Morgan fingerprint density at radius 1 is 1.33 bits per heavy atom. The third-order valence-corrected chi connectivity index (χ3v) is 5.54. The van der Waals surface area contributed by atoms with E-state index in [1.807, 2.05) is 0 Å². The number of hydrogen-bond acceptors (Lipinski definition) is 4. The van der Waals surface area contributed by atoms with Crippen molar-refractivity contribution in [2.45, 2.75) is 31.7 Å². The van der Waals surface area contributed by atoms with Crippen molar-refractivity contribution in [2.75, 3.05) is 39.1 Å². The van der Waals surface area contributed by atoms with Crippen molar-refractivity contribution in [1.82, 2.24) is 9.62 Å². The molecule has 1 N–H and O–H groups in total. The van der Waals surface area contributed by atoms with Gasteiger partial charge in [0.2, 0.25) is 10.0 Å². The van der Waals surface area contributed by atoms with Gasteiger partial charge in [0.25, 0.3) is 0 Å². The van der Waals surface area contributed by atoms with Crippen LogP contribution in [0.25, 0.3) is 0 Å². The van der Waals surface area contributed by atoms with Crippen molar-refractivity contribution in [1.29, 1.82) is 0 Å². The van der Waals surface area contributed by atoms with Gasteiger partial charge in [-0.25, -0.2) is 8.42 Å². The van der Waals surface area contributed by atoms with Gasteiger partial charge in [0.1, 0.15) is 0 Å². The summed E-state index contributed by atoms with van der Waals surface area (Å²) in [5, 5.41) is 3.35. The van der Waals surface area contributed by atoms with E-state index in [2.05, 4.69) is 5.32 Å².